The summed E-state index contributed by atoms with van der Waals surface area (Å²) in [7, 11) is 0. The Labute approximate surface area is 77.4 Å². The molecule has 0 amide bonds. The molecule has 0 aromatic rings. The van der Waals surface area contributed by atoms with Crippen LogP contribution in [0.1, 0.15) is 12.8 Å². The lowest BCUT2D eigenvalue weighted by Crippen LogP contribution is -2.28. The summed E-state index contributed by atoms with van der Waals surface area (Å²) >= 11 is 2.86. The summed E-state index contributed by atoms with van der Waals surface area (Å²) in [6, 6.07) is 0. The molecule has 1 fully saturated rings. The third kappa shape index (κ3) is 1.91. The van der Waals surface area contributed by atoms with Gasteiger partial charge in [-0.25, -0.2) is 0 Å². The fraction of sp³-hybridized carbons (Fsp3) is 0.571. The van der Waals surface area contributed by atoms with E-state index in [-0.39, 0.29) is 29.7 Å². The number of ether oxygens (including phenoxy) is 1. The van der Waals surface area contributed by atoms with E-state index in [0.29, 0.717) is 0 Å². The molecular weight excluding hydrogens is 228 g/mol. The van der Waals surface area contributed by atoms with Gasteiger partial charge in [0.05, 0.1) is 0 Å². The Balaban J connectivity index is 2.56. The average Bonchev–Trinajstić information content (AvgIpc) is 2.35. The zero-order chi connectivity index (χ0) is 9.14. The Kier molecular flexibility index (Phi) is 2.97. The number of carbonyl (C=O) groups is 3. The molecule has 1 aliphatic carbocycles. The zero-order valence-corrected chi connectivity index (χ0v) is 7.80. The van der Waals surface area contributed by atoms with Crippen LogP contribution in [0.2, 0.25) is 0 Å². The van der Waals surface area contributed by atoms with Gasteiger partial charge >= 0.3 is 5.97 Å². The van der Waals surface area contributed by atoms with Gasteiger partial charge < -0.3 is 4.74 Å². The van der Waals surface area contributed by atoms with E-state index in [9.17, 15) is 14.4 Å². The molecule has 0 aliphatic heterocycles. The van der Waals surface area contributed by atoms with Gasteiger partial charge in [0.1, 0.15) is 5.33 Å². The van der Waals surface area contributed by atoms with Crippen molar-refractivity contribution >= 4 is 33.5 Å². The molecule has 0 heterocycles. The molecule has 0 saturated heterocycles. The summed E-state index contributed by atoms with van der Waals surface area (Å²) in [6.45, 7) is 0. The number of Topliss-reactive ketones (excluding diaryl/α,β-unsaturated/α-hetero) is 2. The SMILES string of the molecule is O=C(CBr)OC1C(=O)CCC1=O. The smallest absolute Gasteiger partial charge is 0.317 e. The van der Waals surface area contributed by atoms with Gasteiger partial charge in [-0.2, -0.15) is 0 Å². The molecule has 0 unspecified atom stereocenters. The van der Waals surface area contributed by atoms with Crippen LogP contribution in [0.5, 0.6) is 0 Å². The number of hydrogen-bond donors (Lipinski definition) is 0. The van der Waals surface area contributed by atoms with E-state index in [1.807, 2.05) is 0 Å². The Hall–Kier alpha value is -0.710. The fourth-order valence-electron chi connectivity index (χ4n) is 0.983. The van der Waals surface area contributed by atoms with Crippen molar-refractivity contribution in [1.29, 1.82) is 0 Å². The Morgan fingerprint density at radius 2 is 1.92 bits per heavy atom. The number of rotatable bonds is 2. The van der Waals surface area contributed by atoms with E-state index in [2.05, 4.69) is 20.7 Å². The third-order valence-corrected chi connectivity index (χ3v) is 2.02. The lowest BCUT2D eigenvalue weighted by atomic mass is 10.3. The van der Waals surface area contributed by atoms with Crippen LogP contribution in [0, 0.1) is 0 Å². The maximum atomic E-state index is 10.9. The molecule has 0 aromatic carbocycles. The van der Waals surface area contributed by atoms with Gasteiger partial charge in [0, 0.05) is 12.8 Å². The van der Waals surface area contributed by atoms with Gasteiger partial charge in [-0.15, -0.1) is 0 Å². The first-order valence-electron chi connectivity index (χ1n) is 3.46. The lowest BCUT2D eigenvalue weighted by molar-refractivity contribution is -0.155. The van der Waals surface area contributed by atoms with Crippen LogP contribution in [0.4, 0.5) is 0 Å². The summed E-state index contributed by atoms with van der Waals surface area (Å²) in [5.74, 6) is -1.17. The predicted molar refractivity (Wildman–Crippen MR) is 42.9 cm³/mol. The van der Waals surface area contributed by atoms with Crippen molar-refractivity contribution in [3.63, 3.8) is 0 Å². The lowest BCUT2D eigenvalue weighted by Gasteiger charge is -2.06. The number of alkyl halides is 1. The minimum Gasteiger partial charge on any atom is -0.446 e. The standard InChI is InChI=1S/C7H7BrO4/c8-3-6(11)12-7-4(9)1-2-5(7)10/h7H,1-3H2. The summed E-state index contributed by atoms with van der Waals surface area (Å²) < 4.78 is 4.60. The van der Waals surface area contributed by atoms with Crippen LogP contribution in [0.25, 0.3) is 0 Å². The van der Waals surface area contributed by atoms with E-state index in [1.54, 1.807) is 0 Å². The molecule has 0 bridgehead atoms. The predicted octanol–water partition coefficient (Wildman–Crippen LogP) is 0.225. The third-order valence-electron chi connectivity index (χ3n) is 1.56. The van der Waals surface area contributed by atoms with Gasteiger partial charge in [0.25, 0.3) is 0 Å². The van der Waals surface area contributed by atoms with Crippen LogP contribution in [-0.4, -0.2) is 29.0 Å². The molecule has 0 radical (unpaired) electrons. The van der Waals surface area contributed by atoms with Crippen LogP contribution >= 0.6 is 15.9 Å². The molecule has 12 heavy (non-hydrogen) atoms. The molecule has 5 heteroatoms. The zero-order valence-electron chi connectivity index (χ0n) is 6.21. The number of ketones is 2. The van der Waals surface area contributed by atoms with Gasteiger partial charge in [0.15, 0.2) is 11.6 Å². The highest BCUT2D eigenvalue weighted by Crippen LogP contribution is 2.14. The quantitative estimate of drug-likeness (QED) is 0.390. The van der Waals surface area contributed by atoms with Gasteiger partial charge in [-0.05, 0) is 0 Å². The molecule has 0 spiro atoms. The first-order chi connectivity index (χ1) is 5.65. The summed E-state index contributed by atoms with van der Waals surface area (Å²) in [6.07, 6.45) is -0.743. The molecule has 1 saturated carbocycles. The molecule has 0 atom stereocenters. The highest BCUT2D eigenvalue weighted by atomic mass is 79.9. The van der Waals surface area contributed by atoms with Crippen molar-refractivity contribution in [2.24, 2.45) is 0 Å². The van der Waals surface area contributed by atoms with E-state index < -0.39 is 12.1 Å². The molecule has 1 aliphatic rings. The Morgan fingerprint density at radius 1 is 1.42 bits per heavy atom. The molecule has 66 valence electrons. The van der Waals surface area contributed by atoms with Crippen LogP contribution in [0.15, 0.2) is 0 Å². The topological polar surface area (TPSA) is 60.4 Å². The normalized spacial score (nSPS) is 18.4. The molecule has 1 rings (SSSR count). The maximum absolute atomic E-state index is 10.9. The van der Waals surface area contributed by atoms with Gasteiger partial charge in [-0.3, -0.25) is 14.4 Å². The summed E-state index contributed by atoms with van der Waals surface area (Å²) in [5, 5.41) is 0.00403. The van der Waals surface area contributed by atoms with Crippen LogP contribution in [-0.2, 0) is 19.1 Å². The van der Waals surface area contributed by atoms with Crippen molar-refractivity contribution in [3.8, 4) is 0 Å². The van der Waals surface area contributed by atoms with E-state index in [4.69, 9.17) is 0 Å². The molecule has 0 N–H and O–H groups in total. The molecule has 0 aromatic heterocycles. The average molecular weight is 235 g/mol. The van der Waals surface area contributed by atoms with Crippen molar-refractivity contribution in [3.05, 3.63) is 0 Å². The molecular formula is C7H7BrO4. The highest BCUT2D eigenvalue weighted by molar-refractivity contribution is 9.09. The first kappa shape index (κ1) is 9.38. The van der Waals surface area contributed by atoms with Crippen molar-refractivity contribution < 1.29 is 19.1 Å². The second kappa shape index (κ2) is 3.80. The largest absolute Gasteiger partial charge is 0.446 e. The Bertz CT molecular complexity index is 220. The second-order valence-electron chi connectivity index (χ2n) is 2.44. The van der Waals surface area contributed by atoms with Gasteiger partial charge in [0.2, 0.25) is 6.10 Å². The minimum atomic E-state index is -1.13. The van der Waals surface area contributed by atoms with Crippen molar-refractivity contribution in [1.82, 2.24) is 0 Å². The number of halogens is 1. The van der Waals surface area contributed by atoms with E-state index in [0.717, 1.165) is 0 Å². The number of esters is 1. The van der Waals surface area contributed by atoms with E-state index in [1.165, 1.54) is 0 Å². The van der Waals surface area contributed by atoms with E-state index >= 15 is 0 Å². The fourth-order valence-corrected chi connectivity index (χ4v) is 1.11. The first-order valence-corrected chi connectivity index (χ1v) is 4.58. The van der Waals surface area contributed by atoms with Crippen molar-refractivity contribution in [2.45, 2.75) is 18.9 Å². The number of hydrogen-bond acceptors (Lipinski definition) is 4. The second-order valence-corrected chi connectivity index (χ2v) is 3.00. The molecule has 4 nitrogen and oxygen atoms in total. The Morgan fingerprint density at radius 3 is 2.33 bits per heavy atom. The van der Waals surface area contributed by atoms with Gasteiger partial charge in [-0.1, -0.05) is 15.9 Å². The highest BCUT2D eigenvalue weighted by Gasteiger charge is 2.35. The van der Waals surface area contributed by atoms with Crippen LogP contribution in [0.3, 0.4) is 0 Å². The number of carbonyl (C=O) groups excluding carboxylic acids is 3. The van der Waals surface area contributed by atoms with Crippen LogP contribution < -0.4 is 0 Å². The maximum Gasteiger partial charge on any atom is 0.317 e. The monoisotopic (exact) mass is 234 g/mol. The summed E-state index contributed by atoms with van der Waals surface area (Å²) in [4.78, 5) is 32.5. The minimum absolute atomic E-state index is 0.00403. The van der Waals surface area contributed by atoms with Crippen molar-refractivity contribution in [2.75, 3.05) is 5.33 Å². The summed E-state index contributed by atoms with van der Waals surface area (Å²) in [5.41, 5.74) is 0.